The van der Waals surface area contributed by atoms with Crippen LogP contribution in [0.3, 0.4) is 0 Å². The Hall–Kier alpha value is -3.39. The minimum Gasteiger partial charge on any atom is -0.481 e. The summed E-state index contributed by atoms with van der Waals surface area (Å²) >= 11 is 0. The highest BCUT2D eigenvalue weighted by Crippen LogP contribution is 2.44. The van der Waals surface area contributed by atoms with Crippen LogP contribution in [0.5, 0.6) is 0 Å². The lowest BCUT2D eigenvalue weighted by Gasteiger charge is -2.22. The van der Waals surface area contributed by atoms with Crippen LogP contribution >= 0.6 is 0 Å². The fourth-order valence-electron chi connectivity index (χ4n) is 4.22. The van der Waals surface area contributed by atoms with Gasteiger partial charge in [0.25, 0.3) is 5.91 Å². The fourth-order valence-corrected chi connectivity index (χ4v) is 4.22. The Bertz CT molecular complexity index is 976. The normalized spacial score (nSPS) is 14.1. The smallest absolute Gasteiger partial charge is 0.407 e. The average Bonchev–Trinajstić information content (AvgIpc) is 3.14. The number of fused-ring (bicyclic) bond motifs is 3. The van der Waals surface area contributed by atoms with Gasteiger partial charge in [0.1, 0.15) is 6.61 Å². The molecule has 3 rings (SSSR count). The number of methoxy groups -OCH3 is 1. The van der Waals surface area contributed by atoms with E-state index in [4.69, 9.17) is 14.6 Å². The highest BCUT2D eigenvalue weighted by molar-refractivity contribution is 5.82. The summed E-state index contributed by atoms with van der Waals surface area (Å²) < 4.78 is 10.7. The highest BCUT2D eigenvalue weighted by atomic mass is 16.5. The zero-order valence-electron chi connectivity index (χ0n) is 19.7. The van der Waals surface area contributed by atoms with Gasteiger partial charge in [0.05, 0.1) is 13.0 Å². The Kier molecular flexibility index (Phi) is 8.65. The second-order valence-corrected chi connectivity index (χ2v) is 8.78. The summed E-state index contributed by atoms with van der Waals surface area (Å²) in [7, 11) is 1.38. The Morgan fingerprint density at radius 2 is 1.53 bits per heavy atom. The van der Waals surface area contributed by atoms with Crippen molar-refractivity contribution < 1.29 is 29.0 Å². The molecule has 0 saturated carbocycles. The molecule has 2 unspecified atom stereocenters. The van der Waals surface area contributed by atoms with Crippen molar-refractivity contribution in [2.75, 3.05) is 26.8 Å². The monoisotopic (exact) mass is 468 g/mol. The van der Waals surface area contributed by atoms with E-state index >= 15 is 0 Å². The molecule has 2 amide bonds. The van der Waals surface area contributed by atoms with Gasteiger partial charge in [-0.25, -0.2) is 4.79 Å². The Morgan fingerprint density at radius 1 is 0.941 bits per heavy atom. The van der Waals surface area contributed by atoms with Crippen molar-refractivity contribution >= 4 is 18.0 Å². The number of benzene rings is 2. The molecular formula is C26H32N2O6. The van der Waals surface area contributed by atoms with E-state index in [-0.39, 0.29) is 43.9 Å². The third-order valence-electron chi connectivity index (χ3n) is 6.27. The van der Waals surface area contributed by atoms with Crippen molar-refractivity contribution in [1.82, 2.24) is 10.6 Å². The summed E-state index contributed by atoms with van der Waals surface area (Å²) in [6.07, 6.45) is -1.59. The predicted molar refractivity (Wildman–Crippen MR) is 127 cm³/mol. The van der Waals surface area contributed by atoms with E-state index in [1.54, 1.807) is 0 Å². The molecule has 8 nitrogen and oxygen atoms in total. The molecule has 0 spiro atoms. The number of carbonyl (C=O) groups is 3. The maximum absolute atomic E-state index is 12.5. The van der Waals surface area contributed by atoms with E-state index in [1.807, 2.05) is 50.2 Å². The highest BCUT2D eigenvalue weighted by Gasteiger charge is 2.29. The molecular weight excluding hydrogens is 436 g/mol. The summed E-state index contributed by atoms with van der Waals surface area (Å²) in [5.74, 6) is -1.49. The fraction of sp³-hybridized carbons (Fsp3) is 0.423. The first-order valence-corrected chi connectivity index (χ1v) is 11.4. The van der Waals surface area contributed by atoms with E-state index in [1.165, 1.54) is 7.11 Å². The van der Waals surface area contributed by atoms with Crippen LogP contribution in [0.4, 0.5) is 4.79 Å². The van der Waals surface area contributed by atoms with Crippen molar-refractivity contribution in [3.05, 3.63) is 59.7 Å². The van der Waals surface area contributed by atoms with E-state index in [2.05, 4.69) is 22.8 Å². The molecule has 1 aliphatic carbocycles. The van der Waals surface area contributed by atoms with Crippen molar-refractivity contribution in [1.29, 1.82) is 0 Å². The quantitative estimate of drug-likeness (QED) is 0.466. The van der Waals surface area contributed by atoms with Crippen LogP contribution in [0.25, 0.3) is 11.1 Å². The second-order valence-electron chi connectivity index (χ2n) is 8.78. The maximum atomic E-state index is 12.5. The number of rotatable bonds is 11. The van der Waals surface area contributed by atoms with Crippen LogP contribution in [-0.2, 0) is 19.1 Å². The lowest BCUT2D eigenvalue weighted by molar-refractivity contribution is -0.139. The first kappa shape index (κ1) is 25.2. The molecule has 1 aliphatic rings. The number of alkyl carbamates (subject to hydrolysis) is 1. The number of hydrogen-bond acceptors (Lipinski definition) is 5. The minimum atomic E-state index is -0.918. The molecule has 0 aromatic heterocycles. The van der Waals surface area contributed by atoms with Crippen molar-refractivity contribution in [2.24, 2.45) is 11.8 Å². The number of nitrogens with one attached hydrogen (secondary N) is 2. The average molecular weight is 469 g/mol. The van der Waals surface area contributed by atoms with E-state index in [0.717, 1.165) is 22.3 Å². The van der Waals surface area contributed by atoms with Crippen molar-refractivity contribution in [3.63, 3.8) is 0 Å². The van der Waals surface area contributed by atoms with E-state index < -0.39 is 24.1 Å². The molecule has 8 heteroatoms. The molecule has 2 aromatic carbocycles. The molecule has 0 heterocycles. The number of hydrogen-bond donors (Lipinski definition) is 3. The standard InChI is InChI=1S/C26H32N2O6/c1-16(2)17(12-24(29)30)13-27-25(31)23(33-3)14-28-26(32)34-15-22-20-10-6-4-8-18(20)19-9-5-7-11-21(19)22/h4-11,16-17,22-23H,12-15H2,1-3H3,(H,27,31)(H,28,32)(H,29,30). The van der Waals surface area contributed by atoms with Gasteiger partial charge in [-0.1, -0.05) is 62.4 Å². The molecule has 0 saturated heterocycles. The largest absolute Gasteiger partial charge is 0.481 e. The first-order chi connectivity index (χ1) is 16.3. The number of carboxylic acid groups (broad SMARTS) is 1. The molecule has 3 N–H and O–H groups in total. The number of carboxylic acids is 1. The molecule has 0 radical (unpaired) electrons. The summed E-state index contributed by atoms with van der Waals surface area (Å²) in [6.45, 7) is 4.14. The molecule has 0 bridgehead atoms. The third kappa shape index (κ3) is 6.14. The van der Waals surface area contributed by atoms with Gasteiger partial charge in [0, 0.05) is 19.6 Å². The van der Waals surface area contributed by atoms with E-state index in [0.29, 0.717) is 0 Å². The SMILES string of the molecule is COC(CNC(=O)OCC1c2ccccc2-c2ccccc21)C(=O)NCC(CC(=O)O)C(C)C. The van der Waals surface area contributed by atoms with Gasteiger partial charge in [-0.3, -0.25) is 9.59 Å². The van der Waals surface area contributed by atoms with Gasteiger partial charge in [0.15, 0.2) is 6.10 Å². The van der Waals surface area contributed by atoms with Crippen molar-refractivity contribution in [2.45, 2.75) is 32.3 Å². The number of carbonyl (C=O) groups excluding carboxylic acids is 2. The zero-order chi connectivity index (χ0) is 24.7. The Morgan fingerprint density at radius 3 is 2.06 bits per heavy atom. The van der Waals surface area contributed by atoms with Gasteiger partial charge in [-0.2, -0.15) is 0 Å². The van der Waals surface area contributed by atoms with Crippen LogP contribution in [0.2, 0.25) is 0 Å². The van der Waals surface area contributed by atoms with Crippen LogP contribution in [0.1, 0.15) is 37.3 Å². The Labute approximate surface area is 199 Å². The maximum Gasteiger partial charge on any atom is 0.407 e. The third-order valence-corrected chi connectivity index (χ3v) is 6.27. The van der Waals surface area contributed by atoms with E-state index in [9.17, 15) is 14.4 Å². The van der Waals surface area contributed by atoms with Crippen LogP contribution in [-0.4, -0.2) is 56.0 Å². The van der Waals surface area contributed by atoms with Crippen molar-refractivity contribution in [3.8, 4) is 11.1 Å². The molecule has 0 aliphatic heterocycles. The Balaban J connectivity index is 1.50. The molecule has 182 valence electrons. The number of aliphatic carboxylic acids is 1. The summed E-state index contributed by atoms with van der Waals surface area (Å²) in [4.78, 5) is 35.8. The summed E-state index contributed by atoms with van der Waals surface area (Å²) in [6, 6.07) is 16.1. The lowest BCUT2D eigenvalue weighted by atomic mass is 9.92. The molecule has 0 fully saturated rings. The predicted octanol–water partition coefficient (Wildman–Crippen LogP) is 3.40. The number of ether oxygens (including phenoxy) is 2. The topological polar surface area (TPSA) is 114 Å². The van der Waals surface area contributed by atoms with Gasteiger partial charge < -0.3 is 25.2 Å². The zero-order valence-corrected chi connectivity index (χ0v) is 19.7. The van der Waals surface area contributed by atoms with Crippen LogP contribution in [0, 0.1) is 11.8 Å². The van der Waals surface area contributed by atoms with Crippen LogP contribution in [0.15, 0.2) is 48.5 Å². The van der Waals surface area contributed by atoms with Gasteiger partial charge in [-0.15, -0.1) is 0 Å². The second kappa shape index (κ2) is 11.7. The van der Waals surface area contributed by atoms with Gasteiger partial charge >= 0.3 is 12.1 Å². The van der Waals surface area contributed by atoms with Gasteiger partial charge in [0.2, 0.25) is 0 Å². The van der Waals surface area contributed by atoms with Gasteiger partial charge in [-0.05, 0) is 34.1 Å². The lowest BCUT2D eigenvalue weighted by Crippen LogP contribution is -2.45. The first-order valence-electron chi connectivity index (χ1n) is 11.4. The summed E-state index contributed by atoms with van der Waals surface area (Å²) in [5.41, 5.74) is 4.52. The molecule has 34 heavy (non-hydrogen) atoms. The number of amides is 2. The molecule has 2 atom stereocenters. The minimum absolute atomic E-state index is 0.0341. The van der Waals surface area contributed by atoms with Crippen LogP contribution < -0.4 is 10.6 Å². The molecule has 2 aromatic rings. The summed E-state index contributed by atoms with van der Waals surface area (Å²) in [5, 5.41) is 14.3.